The van der Waals surface area contributed by atoms with Crippen LogP contribution in [0.5, 0.6) is 0 Å². The van der Waals surface area contributed by atoms with Gasteiger partial charge in [-0.05, 0) is 6.92 Å². The van der Waals surface area contributed by atoms with Gasteiger partial charge in [0.05, 0.1) is 6.61 Å². The van der Waals surface area contributed by atoms with E-state index in [2.05, 4.69) is 10.6 Å². The number of ether oxygens (including phenoxy) is 1. The van der Waals surface area contributed by atoms with Crippen LogP contribution in [0, 0.1) is 0 Å². The van der Waals surface area contributed by atoms with Crippen LogP contribution in [-0.2, 0) is 9.53 Å². The zero-order valence-corrected chi connectivity index (χ0v) is 7.79. The maximum atomic E-state index is 11.1. The molecule has 3 amide bonds. The SMILES string of the molecule is CNC(=O)NC(=O)C(C)OCCN. The van der Waals surface area contributed by atoms with Crippen LogP contribution < -0.4 is 16.4 Å². The Morgan fingerprint density at radius 2 is 2.15 bits per heavy atom. The highest BCUT2D eigenvalue weighted by molar-refractivity contribution is 5.96. The second kappa shape index (κ2) is 6.38. The summed E-state index contributed by atoms with van der Waals surface area (Å²) in [6, 6.07) is -0.548. The second-order valence-electron chi connectivity index (χ2n) is 2.37. The van der Waals surface area contributed by atoms with E-state index in [1.165, 1.54) is 7.05 Å². The minimum Gasteiger partial charge on any atom is -0.367 e. The Balaban J connectivity index is 3.75. The van der Waals surface area contributed by atoms with E-state index in [1.54, 1.807) is 6.92 Å². The molecule has 0 fully saturated rings. The van der Waals surface area contributed by atoms with Gasteiger partial charge in [-0.3, -0.25) is 10.1 Å². The maximum Gasteiger partial charge on any atom is 0.321 e. The molecular formula is C7H15N3O3. The van der Waals surface area contributed by atoms with Gasteiger partial charge in [-0.25, -0.2) is 4.79 Å². The monoisotopic (exact) mass is 189 g/mol. The summed E-state index contributed by atoms with van der Waals surface area (Å²) in [7, 11) is 1.42. The number of amides is 3. The van der Waals surface area contributed by atoms with Gasteiger partial charge in [0.1, 0.15) is 6.10 Å². The van der Waals surface area contributed by atoms with Crippen LogP contribution in [0.3, 0.4) is 0 Å². The fraction of sp³-hybridized carbons (Fsp3) is 0.714. The first kappa shape index (κ1) is 11.9. The number of nitrogens with two attached hydrogens (primary N) is 1. The summed E-state index contributed by atoms with van der Waals surface area (Å²) in [5, 5.41) is 4.34. The zero-order chi connectivity index (χ0) is 10.3. The number of nitrogens with one attached hydrogen (secondary N) is 2. The van der Waals surface area contributed by atoms with Gasteiger partial charge in [0.15, 0.2) is 0 Å². The summed E-state index contributed by atoms with van der Waals surface area (Å²) in [5.74, 6) is -0.479. The molecule has 0 rings (SSSR count). The molecule has 0 spiro atoms. The minimum absolute atomic E-state index is 0.294. The number of carbonyl (C=O) groups excluding carboxylic acids is 2. The quantitative estimate of drug-likeness (QED) is 0.518. The molecule has 6 nitrogen and oxygen atoms in total. The van der Waals surface area contributed by atoms with E-state index in [0.717, 1.165) is 0 Å². The zero-order valence-electron chi connectivity index (χ0n) is 7.79. The molecule has 1 unspecified atom stereocenters. The average molecular weight is 189 g/mol. The molecule has 0 heterocycles. The van der Waals surface area contributed by atoms with Gasteiger partial charge in [-0.1, -0.05) is 0 Å². The molecule has 0 aromatic carbocycles. The lowest BCUT2D eigenvalue weighted by Crippen LogP contribution is -2.43. The lowest BCUT2D eigenvalue weighted by molar-refractivity contribution is -0.130. The molecule has 0 saturated carbocycles. The smallest absolute Gasteiger partial charge is 0.321 e. The molecule has 4 N–H and O–H groups in total. The Morgan fingerprint density at radius 3 is 2.62 bits per heavy atom. The van der Waals surface area contributed by atoms with Crippen molar-refractivity contribution >= 4 is 11.9 Å². The van der Waals surface area contributed by atoms with Crippen LogP contribution in [0.1, 0.15) is 6.92 Å². The molecule has 0 aliphatic rings. The van der Waals surface area contributed by atoms with E-state index in [0.29, 0.717) is 13.2 Å². The van der Waals surface area contributed by atoms with Crippen molar-refractivity contribution in [2.45, 2.75) is 13.0 Å². The normalized spacial score (nSPS) is 11.9. The Kier molecular flexibility index (Phi) is 5.82. The second-order valence-corrected chi connectivity index (χ2v) is 2.37. The van der Waals surface area contributed by atoms with Crippen molar-refractivity contribution in [3.63, 3.8) is 0 Å². The largest absolute Gasteiger partial charge is 0.367 e. The van der Waals surface area contributed by atoms with Gasteiger partial charge >= 0.3 is 6.03 Å². The van der Waals surface area contributed by atoms with Crippen LogP contribution >= 0.6 is 0 Å². The summed E-state index contributed by atoms with van der Waals surface area (Å²) in [5.41, 5.74) is 5.17. The fourth-order valence-electron chi connectivity index (χ4n) is 0.597. The van der Waals surface area contributed by atoms with Crippen molar-refractivity contribution in [2.75, 3.05) is 20.2 Å². The van der Waals surface area contributed by atoms with E-state index >= 15 is 0 Å². The number of hydrogen-bond acceptors (Lipinski definition) is 4. The van der Waals surface area contributed by atoms with Crippen molar-refractivity contribution in [2.24, 2.45) is 5.73 Å². The van der Waals surface area contributed by atoms with Crippen LogP contribution in [0.15, 0.2) is 0 Å². The molecule has 1 atom stereocenters. The molecule has 0 aliphatic heterocycles. The molecule has 0 aromatic rings. The summed E-state index contributed by atoms with van der Waals surface area (Å²) in [4.78, 5) is 21.8. The van der Waals surface area contributed by atoms with Gasteiger partial charge in [0.2, 0.25) is 0 Å². The van der Waals surface area contributed by atoms with E-state index < -0.39 is 18.0 Å². The van der Waals surface area contributed by atoms with Gasteiger partial charge in [-0.2, -0.15) is 0 Å². The Morgan fingerprint density at radius 1 is 1.54 bits per heavy atom. The molecule has 0 bridgehead atoms. The van der Waals surface area contributed by atoms with Crippen LogP contribution in [0.25, 0.3) is 0 Å². The first-order valence-corrected chi connectivity index (χ1v) is 3.96. The Labute approximate surface area is 76.8 Å². The lowest BCUT2D eigenvalue weighted by Gasteiger charge is -2.11. The Bertz CT molecular complexity index is 184. The van der Waals surface area contributed by atoms with Gasteiger partial charge in [0.25, 0.3) is 5.91 Å². The fourth-order valence-corrected chi connectivity index (χ4v) is 0.597. The number of rotatable bonds is 4. The van der Waals surface area contributed by atoms with E-state index in [-0.39, 0.29) is 0 Å². The highest BCUT2D eigenvalue weighted by Crippen LogP contribution is 1.89. The summed E-state index contributed by atoms with van der Waals surface area (Å²) in [6.07, 6.45) is -0.666. The first-order valence-electron chi connectivity index (χ1n) is 3.96. The molecule has 0 saturated heterocycles. The average Bonchev–Trinajstić information content (AvgIpc) is 2.13. The number of hydrogen-bond donors (Lipinski definition) is 3. The number of urea groups is 1. The summed E-state index contributed by atoms with van der Waals surface area (Å²) >= 11 is 0. The number of carbonyl (C=O) groups is 2. The molecule has 0 radical (unpaired) electrons. The summed E-state index contributed by atoms with van der Waals surface area (Å²) < 4.78 is 4.98. The molecule has 6 heteroatoms. The topological polar surface area (TPSA) is 93.5 Å². The highest BCUT2D eigenvalue weighted by Gasteiger charge is 2.14. The first-order chi connectivity index (χ1) is 6.11. The molecule has 0 aliphatic carbocycles. The van der Waals surface area contributed by atoms with Crippen molar-refractivity contribution < 1.29 is 14.3 Å². The maximum absolute atomic E-state index is 11.1. The molecular weight excluding hydrogens is 174 g/mol. The van der Waals surface area contributed by atoms with E-state index in [4.69, 9.17) is 10.5 Å². The van der Waals surface area contributed by atoms with Gasteiger partial charge in [0, 0.05) is 13.6 Å². The van der Waals surface area contributed by atoms with E-state index in [9.17, 15) is 9.59 Å². The molecule has 76 valence electrons. The van der Waals surface area contributed by atoms with Crippen molar-refractivity contribution in [3.05, 3.63) is 0 Å². The highest BCUT2D eigenvalue weighted by atomic mass is 16.5. The predicted molar refractivity (Wildman–Crippen MR) is 47.1 cm³/mol. The molecule has 0 aromatic heterocycles. The minimum atomic E-state index is -0.666. The third-order valence-electron chi connectivity index (χ3n) is 1.32. The Hall–Kier alpha value is -1.14. The van der Waals surface area contributed by atoms with Crippen molar-refractivity contribution in [1.82, 2.24) is 10.6 Å². The third-order valence-corrected chi connectivity index (χ3v) is 1.32. The van der Waals surface area contributed by atoms with Gasteiger partial charge < -0.3 is 15.8 Å². The number of imide groups is 1. The lowest BCUT2D eigenvalue weighted by atomic mass is 10.4. The standard InChI is InChI=1S/C7H15N3O3/c1-5(13-4-3-8)6(11)10-7(12)9-2/h5H,3-4,8H2,1-2H3,(H2,9,10,11,12). The summed E-state index contributed by atoms with van der Waals surface area (Å²) in [6.45, 7) is 2.19. The van der Waals surface area contributed by atoms with Crippen LogP contribution in [0.2, 0.25) is 0 Å². The molecule has 13 heavy (non-hydrogen) atoms. The van der Waals surface area contributed by atoms with Crippen LogP contribution in [-0.4, -0.2) is 38.2 Å². The van der Waals surface area contributed by atoms with Gasteiger partial charge in [-0.15, -0.1) is 0 Å². The van der Waals surface area contributed by atoms with Crippen molar-refractivity contribution in [1.29, 1.82) is 0 Å². The third kappa shape index (κ3) is 5.15. The predicted octanol–water partition coefficient (Wildman–Crippen LogP) is -1.19. The van der Waals surface area contributed by atoms with E-state index in [1.807, 2.05) is 0 Å². The van der Waals surface area contributed by atoms with Crippen LogP contribution in [0.4, 0.5) is 4.79 Å². The van der Waals surface area contributed by atoms with Crippen molar-refractivity contribution in [3.8, 4) is 0 Å².